The van der Waals surface area contributed by atoms with Gasteiger partial charge in [0.15, 0.2) is 0 Å². The van der Waals surface area contributed by atoms with E-state index in [1.54, 1.807) is 0 Å². The van der Waals surface area contributed by atoms with E-state index < -0.39 is 5.91 Å². The highest BCUT2D eigenvalue weighted by atomic mass is 19.1. The van der Waals surface area contributed by atoms with Gasteiger partial charge < -0.3 is 5.73 Å². The molecule has 6 nitrogen and oxygen atoms in total. The molecule has 1 aromatic carbocycles. The summed E-state index contributed by atoms with van der Waals surface area (Å²) in [5.74, 6) is 3.70. The molecule has 0 saturated carbocycles. The van der Waals surface area contributed by atoms with Crippen molar-refractivity contribution >= 4 is 11.8 Å². The molecule has 21 heavy (non-hydrogen) atoms. The summed E-state index contributed by atoms with van der Waals surface area (Å²) in [6.07, 6.45) is 1.61. The molecule has 1 unspecified atom stereocenters. The molecule has 2 rings (SSSR count). The average Bonchev–Trinajstić information content (AvgIpc) is 2.49. The van der Waals surface area contributed by atoms with Gasteiger partial charge in [0.2, 0.25) is 5.91 Å². The van der Waals surface area contributed by atoms with Gasteiger partial charge in [-0.3, -0.25) is 19.9 Å². The lowest BCUT2D eigenvalue weighted by Crippen LogP contribution is -2.40. The Balaban J connectivity index is 2.11. The number of likely N-dealkylation sites (tertiary alicyclic amines) is 1. The highest BCUT2D eigenvalue weighted by molar-refractivity contribution is 5.93. The third kappa shape index (κ3) is 3.77. The Morgan fingerprint density at radius 1 is 1.43 bits per heavy atom. The maximum Gasteiger partial charge on any atom is 0.265 e. The van der Waals surface area contributed by atoms with Crippen LogP contribution in [0.3, 0.4) is 0 Å². The zero-order chi connectivity index (χ0) is 15.4. The number of nitrogen functional groups attached to an aromatic ring is 1. The molecule has 1 saturated heterocycles. The zero-order valence-electron chi connectivity index (χ0n) is 11.6. The van der Waals surface area contributed by atoms with Gasteiger partial charge in [-0.15, -0.1) is 0 Å². The molecule has 0 aliphatic carbocycles. The largest absolute Gasteiger partial charge is 0.369 e. The molecule has 5 N–H and O–H groups in total. The van der Waals surface area contributed by atoms with E-state index in [9.17, 15) is 14.0 Å². The van der Waals surface area contributed by atoms with Crippen LogP contribution in [0.5, 0.6) is 0 Å². The first kappa shape index (κ1) is 15.4. The highest BCUT2D eigenvalue weighted by Gasteiger charge is 2.24. The molecule has 1 fully saturated rings. The van der Waals surface area contributed by atoms with Gasteiger partial charge in [0.25, 0.3) is 5.91 Å². The molecule has 1 aliphatic rings. The number of hydrazine groups is 1. The van der Waals surface area contributed by atoms with E-state index in [4.69, 9.17) is 11.6 Å². The summed E-state index contributed by atoms with van der Waals surface area (Å²) < 4.78 is 13.9. The fourth-order valence-electron chi connectivity index (χ4n) is 2.59. The fraction of sp³-hybridized carbons (Fsp3) is 0.429. The van der Waals surface area contributed by atoms with Gasteiger partial charge in [0.1, 0.15) is 5.82 Å². The van der Waals surface area contributed by atoms with Crippen molar-refractivity contribution in [2.24, 2.45) is 17.5 Å². The van der Waals surface area contributed by atoms with E-state index in [2.05, 4.69) is 0 Å². The summed E-state index contributed by atoms with van der Waals surface area (Å²) in [4.78, 5) is 24.7. The third-order valence-electron chi connectivity index (χ3n) is 3.74. The van der Waals surface area contributed by atoms with E-state index in [1.807, 2.05) is 10.3 Å². The predicted octanol–water partition coefficient (Wildman–Crippen LogP) is 0.126. The van der Waals surface area contributed by atoms with Crippen molar-refractivity contribution in [2.45, 2.75) is 19.4 Å². The average molecular weight is 294 g/mol. The fourth-order valence-corrected chi connectivity index (χ4v) is 2.59. The first-order valence-electron chi connectivity index (χ1n) is 6.82. The second-order valence-electron chi connectivity index (χ2n) is 5.26. The van der Waals surface area contributed by atoms with Crippen LogP contribution in [-0.2, 0) is 11.3 Å². The summed E-state index contributed by atoms with van der Waals surface area (Å²) in [7, 11) is 0. The minimum Gasteiger partial charge on any atom is -0.369 e. The van der Waals surface area contributed by atoms with E-state index in [1.165, 1.54) is 18.2 Å². The maximum absolute atomic E-state index is 13.9. The number of rotatable bonds is 4. The van der Waals surface area contributed by atoms with E-state index in [-0.39, 0.29) is 17.6 Å². The van der Waals surface area contributed by atoms with Gasteiger partial charge >= 0.3 is 0 Å². The molecule has 114 valence electrons. The van der Waals surface area contributed by atoms with Crippen LogP contribution >= 0.6 is 0 Å². The number of nitrogens with zero attached hydrogens (tertiary/aromatic N) is 1. The summed E-state index contributed by atoms with van der Waals surface area (Å²) in [5, 5.41) is 0. The third-order valence-corrected chi connectivity index (χ3v) is 3.74. The van der Waals surface area contributed by atoms with E-state index >= 15 is 0 Å². The van der Waals surface area contributed by atoms with Gasteiger partial charge in [0.05, 0.1) is 5.92 Å². The van der Waals surface area contributed by atoms with Crippen LogP contribution in [0.15, 0.2) is 18.2 Å². The number of piperidine rings is 1. The summed E-state index contributed by atoms with van der Waals surface area (Å²) >= 11 is 0. The molecule has 2 amide bonds. The van der Waals surface area contributed by atoms with Crippen molar-refractivity contribution in [3.8, 4) is 0 Å². The van der Waals surface area contributed by atoms with Crippen molar-refractivity contribution in [3.63, 3.8) is 0 Å². The summed E-state index contributed by atoms with van der Waals surface area (Å²) in [6, 6.07) is 4.10. The minimum atomic E-state index is -0.468. The quantitative estimate of drug-likeness (QED) is 0.417. The van der Waals surface area contributed by atoms with Crippen LogP contribution in [0.2, 0.25) is 0 Å². The van der Waals surface area contributed by atoms with Gasteiger partial charge in [-0.05, 0) is 37.6 Å². The molecular formula is C14H19FN4O2. The topological polar surface area (TPSA) is 101 Å². The van der Waals surface area contributed by atoms with Crippen LogP contribution in [-0.4, -0.2) is 29.8 Å². The van der Waals surface area contributed by atoms with Gasteiger partial charge in [-0.2, -0.15) is 0 Å². The molecule has 0 spiro atoms. The van der Waals surface area contributed by atoms with E-state index in [0.29, 0.717) is 24.2 Å². The molecule has 0 radical (unpaired) electrons. The van der Waals surface area contributed by atoms with Crippen molar-refractivity contribution in [1.82, 2.24) is 10.3 Å². The molecule has 1 aliphatic heterocycles. The SMILES string of the molecule is NNC(=O)c1ccc(F)c(CN2CCCC(C(N)=O)C2)c1. The molecule has 0 bridgehead atoms. The first-order chi connectivity index (χ1) is 10.0. The standard InChI is InChI=1S/C14H19FN4O2/c15-12-4-3-9(14(21)18-17)6-11(12)8-19-5-1-2-10(7-19)13(16)20/h3-4,6,10H,1-2,5,7-8,17H2,(H2,16,20)(H,18,21). The van der Waals surface area contributed by atoms with Crippen LogP contribution in [0.25, 0.3) is 0 Å². The van der Waals surface area contributed by atoms with E-state index in [0.717, 1.165) is 19.4 Å². The smallest absolute Gasteiger partial charge is 0.265 e. The number of nitrogens with one attached hydrogen (secondary N) is 1. The molecule has 0 aromatic heterocycles. The monoisotopic (exact) mass is 294 g/mol. The number of amides is 2. The Morgan fingerprint density at radius 3 is 2.86 bits per heavy atom. The summed E-state index contributed by atoms with van der Waals surface area (Å²) in [5.41, 5.74) is 8.05. The zero-order valence-corrected chi connectivity index (χ0v) is 11.6. The number of primary amides is 1. The predicted molar refractivity (Wildman–Crippen MR) is 75.2 cm³/mol. The van der Waals surface area contributed by atoms with Crippen LogP contribution < -0.4 is 17.0 Å². The van der Waals surface area contributed by atoms with Gasteiger partial charge in [-0.25, -0.2) is 10.2 Å². The number of halogens is 1. The molecule has 1 aromatic rings. The van der Waals surface area contributed by atoms with Crippen molar-refractivity contribution in [1.29, 1.82) is 0 Å². The Hall–Kier alpha value is -1.99. The second kappa shape index (κ2) is 6.64. The lowest BCUT2D eigenvalue weighted by Gasteiger charge is -2.31. The number of carbonyl (C=O) groups excluding carboxylic acids is 2. The lowest BCUT2D eigenvalue weighted by molar-refractivity contribution is -0.123. The van der Waals surface area contributed by atoms with Gasteiger partial charge in [-0.1, -0.05) is 0 Å². The minimum absolute atomic E-state index is 0.197. The lowest BCUT2D eigenvalue weighted by atomic mass is 9.97. The number of hydrogen-bond donors (Lipinski definition) is 3. The first-order valence-corrected chi connectivity index (χ1v) is 6.82. The number of carbonyl (C=O) groups is 2. The molecule has 1 atom stereocenters. The Kier molecular flexibility index (Phi) is 4.87. The summed E-state index contributed by atoms with van der Waals surface area (Å²) in [6.45, 7) is 1.62. The second-order valence-corrected chi connectivity index (χ2v) is 5.26. The normalized spacial score (nSPS) is 19.2. The van der Waals surface area contributed by atoms with Crippen LogP contribution in [0.4, 0.5) is 4.39 Å². The highest BCUT2D eigenvalue weighted by Crippen LogP contribution is 2.20. The Labute approximate surface area is 122 Å². The molecular weight excluding hydrogens is 275 g/mol. The van der Waals surface area contributed by atoms with Gasteiger partial charge in [0, 0.05) is 24.2 Å². The Morgan fingerprint density at radius 2 is 2.19 bits per heavy atom. The van der Waals surface area contributed by atoms with Crippen molar-refractivity contribution in [3.05, 3.63) is 35.1 Å². The Bertz CT molecular complexity index is 550. The number of benzene rings is 1. The maximum atomic E-state index is 13.9. The van der Waals surface area contributed by atoms with Crippen molar-refractivity contribution < 1.29 is 14.0 Å². The number of nitrogens with two attached hydrogens (primary N) is 2. The van der Waals surface area contributed by atoms with Crippen molar-refractivity contribution in [2.75, 3.05) is 13.1 Å². The molecule has 7 heteroatoms. The molecule has 1 heterocycles. The van der Waals surface area contributed by atoms with Crippen LogP contribution in [0, 0.1) is 11.7 Å². The number of hydrogen-bond acceptors (Lipinski definition) is 4. The van der Waals surface area contributed by atoms with Crippen LogP contribution in [0.1, 0.15) is 28.8 Å².